The van der Waals surface area contributed by atoms with Crippen LogP contribution in [0, 0.1) is 3.57 Å². The Labute approximate surface area is 113 Å². The van der Waals surface area contributed by atoms with E-state index in [4.69, 9.17) is 0 Å². The number of ether oxygens (including phenoxy) is 1. The van der Waals surface area contributed by atoms with E-state index in [-0.39, 0.29) is 4.47 Å². The smallest absolute Gasteiger partial charge is 0.403 e. The van der Waals surface area contributed by atoms with E-state index in [9.17, 15) is 26.3 Å². The van der Waals surface area contributed by atoms with E-state index in [0.717, 1.165) is 28.7 Å². The maximum absolute atomic E-state index is 12.4. The molecule has 0 radical (unpaired) electrons. The van der Waals surface area contributed by atoms with Crippen LogP contribution in [0.5, 0.6) is 5.75 Å². The standard InChI is InChI=1S/C8H2BrF6IO/c9-4-2-1-3(7(10,11)12)5(16)6(4)17-8(13,14)15/h1-2H. The van der Waals surface area contributed by atoms with Gasteiger partial charge in [0.2, 0.25) is 0 Å². The Morgan fingerprint density at radius 1 is 1.06 bits per heavy atom. The number of hydrogen-bond donors (Lipinski definition) is 0. The van der Waals surface area contributed by atoms with Gasteiger partial charge in [0.25, 0.3) is 0 Å². The van der Waals surface area contributed by atoms with Gasteiger partial charge >= 0.3 is 12.5 Å². The van der Waals surface area contributed by atoms with E-state index < -0.39 is 27.4 Å². The summed E-state index contributed by atoms with van der Waals surface area (Å²) in [6, 6.07) is 1.53. The molecule has 0 aliphatic carbocycles. The van der Waals surface area contributed by atoms with Crippen molar-refractivity contribution in [2.75, 3.05) is 0 Å². The van der Waals surface area contributed by atoms with E-state index in [1.807, 2.05) is 0 Å². The van der Waals surface area contributed by atoms with Crippen LogP contribution in [-0.4, -0.2) is 6.36 Å². The van der Waals surface area contributed by atoms with Crippen LogP contribution in [0.1, 0.15) is 5.56 Å². The van der Waals surface area contributed by atoms with Crippen molar-refractivity contribution in [1.29, 1.82) is 0 Å². The molecule has 0 N–H and O–H groups in total. The van der Waals surface area contributed by atoms with Gasteiger partial charge in [-0.1, -0.05) is 0 Å². The first-order valence-electron chi connectivity index (χ1n) is 3.83. The maximum atomic E-state index is 12.4. The van der Waals surface area contributed by atoms with Crippen LogP contribution >= 0.6 is 38.5 Å². The summed E-state index contributed by atoms with van der Waals surface area (Å²) < 4.78 is 76.0. The molecule has 0 bridgehead atoms. The predicted octanol–water partition coefficient (Wildman–Crippen LogP) is 4.97. The second kappa shape index (κ2) is 4.82. The Kier molecular flexibility index (Phi) is 4.22. The molecule has 1 nitrogen and oxygen atoms in total. The van der Waals surface area contributed by atoms with Crippen molar-refractivity contribution in [2.45, 2.75) is 12.5 Å². The number of rotatable bonds is 1. The molecule has 1 rings (SSSR count). The molecule has 0 saturated heterocycles. The fraction of sp³-hybridized carbons (Fsp3) is 0.250. The van der Waals surface area contributed by atoms with Crippen molar-refractivity contribution >= 4 is 38.5 Å². The first kappa shape index (κ1) is 14.9. The second-order valence-electron chi connectivity index (χ2n) is 2.78. The summed E-state index contributed by atoms with van der Waals surface area (Å²) in [5, 5.41) is 0. The minimum Gasteiger partial charge on any atom is -0.403 e. The van der Waals surface area contributed by atoms with Gasteiger partial charge in [-0.15, -0.1) is 13.2 Å². The first-order chi connectivity index (χ1) is 7.52. The normalized spacial score (nSPS) is 12.7. The summed E-state index contributed by atoms with van der Waals surface area (Å²) in [4.78, 5) is 0. The first-order valence-corrected chi connectivity index (χ1v) is 5.70. The van der Waals surface area contributed by atoms with Crippen molar-refractivity contribution in [3.05, 3.63) is 25.7 Å². The minimum absolute atomic E-state index is 0.202. The zero-order valence-electron chi connectivity index (χ0n) is 7.59. The lowest BCUT2D eigenvalue weighted by atomic mass is 10.2. The average Bonchev–Trinajstić information content (AvgIpc) is 2.08. The Morgan fingerprint density at radius 3 is 2.00 bits per heavy atom. The SMILES string of the molecule is FC(F)(F)Oc1c(Br)ccc(C(F)(F)F)c1I. The van der Waals surface area contributed by atoms with Gasteiger partial charge in [0, 0.05) is 0 Å². The summed E-state index contributed by atoms with van der Waals surface area (Å²) in [6.45, 7) is 0. The predicted molar refractivity (Wildman–Crippen MR) is 58.5 cm³/mol. The van der Waals surface area contributed by atoms with Crippen molar-refractivity contribution in [3.8, 4) is 5.75 Å². The Hall–Kier alpha value is -0.190. The number of halogens is 8. The lowest BCUT2D eigenvalue weighted by Gasteiger charge is -2.16. The number of alkyl halides is 6. The fourth-order valence-electron chi connectivity index (χ4n) is 0.961. The zero-order valence-corrected chi connectivity index (χ0v) is 11.3. The minimum atomic E-state index is -5.05. The highest BCUT2D eigenvalue weighted by Crippen LogP contribution is 2.42. The highest BCUT2D eigenvalue weighted by atomic mass is 127. The molecule has 0 aliphatic rings. The highest BCUT2D eigenvalue weighted by Gasteiger charge is 2.38. The van der Waals surface area contributed by atoms with Gasteiger partial charge in [-0.05, 0) is 50.7 Å². The van der Waals surface area contributed by atoms with Crippen LogP contribution in [0.3, 0.4) is 0 Å². The molecule has 0 aliphatic heterocycles. The largest absolute Gasteiger partial charge is 0.573 e. The van der Waals surface area contributed by atoms with Gasteiger partial charge in [-0.2, -0.15) is 13.2 Å². The summed E-state index contributed by atoms with van der Waals surface area (Å²) >= 11 is 3.86. The van der Waals surface area contributed by atoms with Crippen LogP contribution in [0.4, 0.5) is 26.3 Å². The molecule has 17 heavy (non-hydrogen) atoms. The molecule has 1 aromatic carbocycles. The van der Waals surface area contributed by atoms with Crippen molar-refractivity contribution < 1.29 is 31.1 Å². The number of benzene rings is 1. The quantitative estimate of drug-likeness (QED) is 0.448. The highest BCUT2D eigenvalue weighted by molar-refractivity contribution is 14.1. The van der Waals surface area contributed by atoms with Gasteiger partial charge < -0.3 is 4.74 Å². The lowest BCUT2D eigenvalue weighted by molar-refractivity contribution is -0.275. The molecule has 0 fully saturated rings. The molecule has 0 heterocycles. The Morgan fingerprint density at radius 2 is 1.59 bits per heavy atom. The molecule has 1 aromatic rings. The number of hydrogen-bond acceptors (Lipinski definition) is 1. The lowest BCUT2D eigenvalue weighted by Crippen LogP contribution is -2.19. The fourth-order valence-corrected chi connectivity index (χ4v) is 2.63. The molecule has 96 valence electrons. The monoisotopic (exact) mass is 434 g/mol. The Balaban J connectivity index is 3.31. The molecule has 9 heteroatoms. The summed E-state index contributed by atoms with van der Waals surface area (Å²) in [7, 11) is 0. The van der Waals surface area contributed by atoms with E-state index in [0.29, 0.717) is 6.07 Å². The van der Waals surface area contributed by atoms with E-state index in [1.165, 1.54) is 0 Å². The van der Waals surface area contributed by atoms with Gasteiger partial charge in [0.15, 0.2) is 5.75 Å². The van der Waals surface area contributed by atoms with Crippen molar-refractivity contribution in [1.82, 2.24) is 0 Å². The third-order valence-electron chi connectivity index (χ3n) is 1.57. The van der Waals surface area contributed by atoms with Crippen LogP contribution in [0.2, 0.25) is 0 Å². The average molecular weight is 435 g/mol. The third-order valence-corrected chi connectivity index (χ3v) is 3.27. The van der Waals surface area contributed by atoms with E-state index >= 15 is 0 Å². The second-order valence-corrected chi connectivity index (χ2v) is 4.72. The van der Waals surface area contributed by atoms with E-state index in [1.54, 1.807) is 0 Å². The van der Waals surface area contributed by atoms with Gasteiger partial charge in [-0.25, -0.2) is 0 Å². The van der Waals surface area contributed by atoms with Crippen molar-refractivity contribution in [2.24, 2.45) is 0 Å². The molecule has 0 amide bonds. The molecular weight excluding hydrogens is 433 g/mol. The van der Waals surface area contributed by atoms with Gasteiger partial charge in [0.1, 0.15) is 0 Å². The van der Waals surface area contributed by atoms with E-state index in [2.05, 4.69) is 20.7 Å². The van der Waals surface area contributed by atoms with Gasteiger partial charge in [0.05, 0.1) is 13.6 Å². The zero-order chi connectivity index (χ0) is 13.4. The summed E-state index contributed by atoms with van der Waals surface area (Å²) in [5.74, 6) is -0.895. The molecular formula is C8H2BrF6IO. The third kappa shape index (κ3) is 3.90. The summed E-state index contributed by atoms with van der Waals surface area (Å²) in [6.07, 6.45) is -9.78. The van der Waals surface area contributed by atoms with Crippen LogP contribution in [0.25, 0.3) is 0 Å². The summed E-state index contributed by atoms with van der Waals surface area (Å²) in [5.41, 5.74) is -1.18. The Bertz CT molecular complexity index is 427. The molecule has 0 saturated carbocycles. The molecule has 0 atom stereocenters. The molecule has 0 aromatic heterocycles. The topological polar surface area (TPSA) is 9.23 Å². The van der Waals surface area contributed by atoms with Crippen LogP contribution in [0.15, 0.2) is 16.6 Å². The maximum Gasteiger partial charge on any atom is 0.573 e. The molecule has 0 unspecified atom stereocenters. The van der Waals surface area contributed by atoms with Crippen molar-refractivity contribution in [3.63, 3.8) is 0 Å². The van der Waals surface area contributed by atoms with Crippen LogP contribution in [-0.2, 0) is 6.18 Å². The van der Waals surface area contributed by atoms with Gasteiger partial charge in [-0.3, -0.25) is 0 Å². The van der Waals surface area contributed by atoms with Crippen LogP contribution < -0.4 is 4.74 Å². The molecule has 0 spiro atoms.